The molecule has 86 valence electrons. The number of halogens is 1. The van der Waals surface area contributed by atoms with Crippen LogP contribution >= 0.6 is 0 Å². The molecule has 0 aliphatic rings. The predicted molar refractivity (Wildman–Crippen MR) is 66.0 cm³/mol. The van der Waals surface area contributed by atoms with Crippen LogP contribution < -0.4 is 0 Å². The standard InChI is InChI=1S/C14H12FNO/c1-11-5-2-3-8-14(11)16(17)10-12-6-4-7-13(15)9-12/h2-10H,1H3. The number of nitrogens with zero attached hydrogens (tertiary/aromatic N) is 1. The van der Waals surface area contributed by atoms with E-state index in [9.17, 15) is 9.60 Å². The van der Waals surface area contributed by atoms with Crippen LogP contribution in [0, 0.1) is 17.9 Å². The van der Waals surface area contributed by atoms with E-state index < -0.39 is 0 Å². The molecule has 0 aromatic heterocycles. The first-order valence-corrected chi connectivity index (χ1v) is 5.29. The van der Waals surface area contributed by atoms with Crippen molar-refractivity contribution < 1.29 is 9.13 Å². The van der Waals surface area contributed by atoms with Gasteiger partial charge in [-0.15, -0.1) is 0 Å². The Kier molecular flexibility index (Phi) is 3.19. The first-order chi connectivity index (χ1) is 8.16. The Morgan fingerprint density at radius 3 is 2.59 bits per heavy atom. The number of para-hydroxylation sites is 1. The Morgan fingerprint density at radius 1 is 1.12 bits per heavy atom. The Labute approximate surface area is 99.2 Å². The number of aryl methyl sites for hydroxylation is 1. The largest absolute Gasteiger partial charge is 0.618 e. The van der Waals surface area contributed by atoms with Gasteiger partial charge in [-0.2, -0.15) is 4.74 Å². The lowest BCUT2D eigenvalue weighted by molar-refractivity contribution is -0.355. The molecular weight excluding hydrogens is 217 g/mol. The average molecular weight is 229 g/mol. The molecule has 0 bridgehead atoms. The van der Waals surface area contributed by atoms with Gasteiger partial charge in [-0.3, -0.25) is 0 Å². The van der Waals surface area contributed by atoms with E-state index in [0.29, 0.717) is 11.3 Å². The van der Waals surface area contributed by atoms with Gasteiger partial charge in [0.1, 0.15) is 5.82 Å². The highest BCUT2D eigenvalue weighted by molar-refractivity contribution is 5.76. The maximum absolute atomic E-state index is 13.0. The smallest absolute Gasteiger partial charge is 0.219 e. The van der Waals surface area contributed by atoms with E-state index in [0.717, 1.165) is 10.3 Å². The second-order valence-electron chi connectivity index (χ2n) is 3.80. The van der Waals surface area contributed by atoms with E-state index in [1.54, 1.807) is 24.3 Å². The van der Waals surface area contributed by atoms with Gasteiger partial charge in [-0.1, -0.05) is 24.3 Å². The van der Waals surface area contributed by atoms with E-state index in [-0.39, 0.29) is 5.82 Å². The zero-order chi connectivity index (χ0) is 12.3. The van der Waals surface area contributed by atoms with E-state index in [4.69, 9.17) is 0 Å². The summed E-state index contributed by atoms with van der Waals surface area (Å²) in [4.78, 5) is 0. The summed E-state index contributed by atoms with van der Waals surface area (Å²) in [7, 11) is 0. The van der Waals surface area contributed by atoms with Crippen molar-refractivity contribution in [2.45, 2.75) is 6.92 Å². The molecular formula is C14H12FNO. The monoisotopic (exact) mass is 229 g/mol. The summed E-state index contributed by atoms with van der Waals surface area (Å²) in [5, 5.41) is 11.9. The molecule has 17 heavy (non-hydrogen) atoms. The number of hydrogen-bond donors (Lipinski definition) is 0. The van der Waals surface area contributed by atoms with E-state index in [1.165, 1.54) is 18.3 Å². The minimum absolute atomic E-state index is 0.350. The third-order valence-corrected chi connectivity index (χ3v) is 2.47. The molecule has 0 atom stereocenters. The summed E-state index contributed by atoms with van der Waals surface area (Å²) < 4.78 is 13.7. The van der Waals surface area contributed by atoms with Gasteiger partial charge in [-0.25, -0.2) is 4.39 Å². The van der Waals surface area contributed by atoms with Crippen molar-refractivity contribution in [3.63, 3.8) is 0 Å². The maximum Gasteiger partial charge on any atom is 0.219 e. The molecule has 0 amide bonds. The van der Waals surface area contributed by atoms with Crippen LogP contribution in [0.5, 0.6) is 0 Å². The highest BCUT2D eigenvalue weighted by Gasteiger charge is 2.05. The minimum atomic E-state index is -0.350. The van der Waals surface area contributed by atoms with Gasteiger partial charge >= 0.3 is 0 Å². The second kappa shape index (κ2) is 4.78. The number of benzene rings is 2. The third-order valence-electron chi connectivity index (χ3n) is 2.47. The van der Waals surface area contributed by atoms with Crippen LogP contribution in [0.4, 0.5) is 10.1 Å². The van der Waals surface area contributed by atoms with E-state index in [2.05, 4.69) is 0 Å². The molecule has 2 aromatic carbocycles. The number of rotatable bonds is 2. The molecule has 2 aromatic rings. The average Bonchev–Trinajstić information content (AvgIpc) is 2.29. The third kappa shape index (κ3) is 2.69. The fraction of sp³-hybridized carbons (Fsp3) is 0.0714. The lowest BCUT2D eigenvalue weighted by atomic mass is 10.2. The van der Waals surface area contributed by atoms with Crippen LogP contribution in [0.1, 0.15) is 11.1 Å². The molecule has 0 unspecified atom stereocenters. The Balaban J connectivity index is 2.38. The van der Waals surface area contributed by atoms with Crippen molar-refractivity contribution in [2.75, 3.05) is 0 Å². The molecule has 0 saturated carbocycles. The summed E-state index contributed by atoms with van der Waals surface area (Å²) in [6.07, 6.45) is 1.37. The molecule has 0 heterocycles. The van der Waals surface area contributed by atoms with Crippen LogP contribution in [0.15, 0.2) is 48.5 Å². The second-order valence-corrected chi connectivity index (χ2v) is 3.80. The van der Waals surface area contributed by atoms with Crippen molar-refractivity contribution >= 4 is 11.9 Å². The van der Waals surface area contributed by atoms with Gasteiger partial charge in [0.25, 0.3) is 0 Å². The molecule has 0 saturated heterocycles. The SMILES string of the molecule is Cc1ccccc1[N+]([O-])=Cc1cccc(F)c1. The molecule has 0 aliphatic carbocycles. The topological polar surface area (TPSA) is 26.1 Å². The molecule has 0 aliphatic heterocycles. The van der Waals surface area contributed by atoms with Crippen molar-refractivity contribution in [3.8, 4) is 0 Å². The van der Waals surface area contributed by atoms with E-state index in [1.807, 2.05) is 19.1 Å². The summed E-state index contributed by atoms with van der Waals surface area (Å²) in [5.41, 5.74) is 2.00. The number of hydrogen-bond acceptors (Lipinski definition) is 1. The Morgan fingerprint density at radius 2 is 1.88 bits per heavy atom. The van der Waals surface area contributed by atoms with Crippen LogP contribution in [0.3, 0.4) is 0 Å². The first-order valence-electron chi connectivity index (χ1n) is 5.29. The summed E-state index contributed by atoms with van der Waals surface area (Å²) in [5.74, 6) is -0.350. The fourth-order valence-electron chi connectivity index (χ4n) is 1.60. The highest BCUT2D eigenvalue weighted by Crippen LogP contribution is 2.16. The van der Waals surface area contributed by atoms with Gasteiger partial charge in [0.2, 0.25) is 5.69 Å². The first kappa shape index (κ1) is 11.3. The molecule has 2 rings (SSSR count). The van der Waals surface area contributed by atoms with Crippen LogP contribution in [0.25, 0.3) is 0 Å². The van der Waals surface area contributed by atoms with Gasteiger partial charge in [0.15, 0.2) is 6.21 Å². The van der Waals surface area contributed by atoms with Crippen LogP contribution in [-0.4, -0.2) is 11.0 Å². The fourth-order valence-corrected chi connectivity index (χ4v) is 1.60. The maximum atomic E-state index is 13.0. The lowest BCUT2D eigenvalue weighted by Gasteiger charge is -2.05. The molecule has 0 fully saturated rings. The Bertz CT molecular complexity index is 564. The van der Waals surface area contributed by atoms with Crippen molar-refractivity contribution in [2.24, 2.45) is 0 Å². The van der Waals surface area contributed by atoms with Gasteiger partial charge < -0.3 is 5.21 Å². The van der Waals surface area contributed by atoms with E-state index >= 15 is 0 Å². The summed E-state index contributed by atoms with van der Waals surface area (Å²) in [6.45, 7) is 1.86. The van der Waals surface area contributed by atoms with Crippen LogP contribution in [0.2, 0.25) is 0 Å². The van der Waals surface area contributed by atoms with Crippen molar-refractivity contribution in [1.82, 2.24) is 0 Å². The van der Waals surface area contributed by atoms with Gasteiger partial charge in [0.05, 0.1) is 0 Å². The zero-order valence-electron chi connectivity index (χ0n) is 9.43. The van der Waals surface area contributed by atoms with Crippen molar-refractivity contribution in [3.05, 3.63) is 70.7 Å². The quantitative estimate of drug-likeness (QED) is 0.335. The van der Waals surface area contributed by atoms with Crippen LogP contribution in [-0.2, 0) is 0 Å². The molecule has 0 radical (unpaired) electrons. The summed E-state index contributed by atoms with van der Waals surface area (Å²) >= 11 is 0. The minimum Gasteiger partial charge on any atom is -0.618 e. The predicted octanol–water partition coefficient (Wildman–Crippen LogP) is 3.40. The van der Waals surface area contributed by atoms with Crippen molar-refractivity contribution in [1.29, 1.82) is 0 Å². The normalized spacial score (nSPS) is 11.5. The molecule has 0 N–H and O–H groups in total. The van der Waals surface area contributed by atoms with Gasteiger partial charge in [-0.05, 0) is 25.1 Å². The molecule has 0 spiro atoms. The lowest BCUT2D eigenvalue weighted by Crippen LogP contribution is -2.00. The molecule has 3 heteroatoms. The summed E-state index contributed by atoms with van der Waals surface area (Å²) in [6, 6.07) is 13.2. The van der Waals surface area contributed by atoms with Gasteiger partial charge in [0, 0.05) is 17.2 Å². The zero-order valence-corrected chi connectivity index (χ0v) is 9.43. The highest BCUT2D eigenvalue weighted by atomic mass is 19.1. The molecule has 2 nitrogen and oxygen atoms in total. The Hall–Kier alpha value is -2.16.